The van der Waals surface area contributed by atoms with Gasteiger partial charge in [0, 0.05) is 34.6 Å². The van der Waals surface area contributed by atoms with Crippen molar-refractivity contribution >= 4 is 55.9 Å². The number of halogens is 2. The quantitative estimate of drug-likeness (QED) is 0.321. The fourth-order valence-electron chi connectivity index (χ4n) is 3.47. The highest BCUT2D eigenvalue weighted by atomic mass is 35.5. The maximum Gasteiger partial charge on any atom is 0.243 e. The zero-order valence-corrected chi connectivity index (χ0v) is 20.3. The molecule has 4 rings (SSSR count). The van der Waals surface area contributed by atoms with Gasteiger partial charge >= 0.3 is 0 Å². The van der Waals surface area contributed by atoms with E-state index in [0.717, 1.165) is 36.8 Å². The summed E-state index contributed by atoms with van der Waals surface area (Å²) < 4.78 is 27.8. The molecule has 0 spiro atoms. The average molecular weight is 509 g/mol. The number of nitrogens with one attached hydrogen (secondary N) is 1. The van der Waals surface area contributed by atoms with Gasteiger partial charge in [-0.25, -0.2) is 13.4 Å². The Labute approximate surface area is 201 Å². The predicted octanol–water partition coefficient (Wildman–Crippen LogP) is 6.13. The molecule has 0 bridgehead atoms. The van der Waals surface area contributed by atoms with Crippen LogP contribution in [-0.2, 0) is 10.0 Å². The monoisotopic (exact) mass is 508 g/mol. The molecule has 1 aliphatic rings. The Morgan fingerprint density at radius 3 is 2.59 bits per heavy atom. The molecule has 1 aromatic heterocycles. The third-order valence-electron chi connectivity index (χ3n) is 5.16. The van der Waals surface area contributed by atoms with Crippen molar-refractivity contribution in [1.82, 2.24) is 9.29 Å². The van der Waals surface area contributed by atoms with Crippen LogP contribution >= 0.6 is 34.5 Å². The van der Waals surface area contributed by atoms with E-state index in [-0.39, 0.29) is 0 Å². The van der Waals surface area contributed by atoms with Gasteiger partial charge in [0.2, 0.25) is 15.2 Å². The van der Waals surface area contributed by atoms with Gasteiger partial charge in [-0.05, 0) is 37.1 Å². The Morgan fingerprint density at radius 2 is 1.84 bits per heavy atom. The Kier molecular flexibility index (Phi) is 7.48. The van der Waals surface area contributed by atoms with Gasteiger partial charge in [0.25, 0.3) is 0 Å². The highest BCUT2D eigenvalue weighted by molar-refractivity contribution is 7.89. The fourth-order valence-corrected chi connectivity index (χ4v) is 6.16. The Balaban J connectivity index is 1.49. The summed E-state index contributed by atoms with van der Waals surface area (Å²) in [7, 11) is -3.51. The molecule has 2 aromatic carbocycles. The minimum Gasteiger partial charge on any atom is -0.253 e. The van der Waals surface area contributed by atoms with Crippen molar-refractivity contribution in [3.05, 3.63) is 63.5 Å². The number of sulfonamides is 1. The molecule has 2 heterocycles. The van der Waals surface area contributed by atoms with Gasteiger partial charge in [-0.15, -0.1) is 11.3 Å². The van der Waals surface area contributed by atoms with Crippen LogP contribution in [0.15, 0.2) is 57.8 Å². The molecular weight excluding hydrogens is 487 g/mol. The normalized spacial score (nSPS) is 15.7. The van der Waals surface area contributed by atoms with E-state index < -0.39 is 10.0 Å². The van der Waals surface area contributed by atoms with E-state index >= 15 is 0 Å². The largest absolute Gasteiger partial charge is 0.253 e. The lowest BCUT2D eigenvalue weighted by Crippen LogP contribution is -2.31. The molecule has 0 saturated carbocycles. The summed E-state index contributed by atoms with van der Waals surface area (Å²) in [6, 6.07) is 12.1. The van der Waals surface area contributed by atoms with E-state index in [1.807, 2.05) is 11.4 Å². The van der Waals surface area contributed by atoms with Gasteiger partial charge in [0.15, 0.2) is 0 Å². The molecule has 1 fully saturated rings. The molecule has 6 nitrogen and oxygen atoms in total. The molecule has 0 unspecified atom stereocenters. The van der Waals surface area contributed by atoms with Gasteiger partial charge in [0.05, 0.1) is 21.8 Å². The molecule has 0 radical (unpaired) electrons. The smallest absolute Gasteiger partial charge is 0.243 e. The first kappa shape index (κ1) is 23.2. The fraction of sp³-hybridized carbons (Fsp3) is 0.273. The number of anilines is 1. The van der Waals surface area contributed by atoms with E-state index in [4.69, 9.17) is 23.2 Å². The van der Waals surface area contributed by atoms with Crippen molar-refractivity contribution in [1.29, 1.82) is 0 Å². The molecule has 168 valence electrons. The third kappa shape index (κ3) is 5.50. The maximum absolute atomic E-state index is 13.1. The van der Waals surface area contributed by atoms with Crippen molar-refractivity contribution in [3.8, 4) is 11.3 Å². The molecule has 0 atom stereocenters. The van der Waals surface area contributed by atoms with Crippen LogP contribution in [0.25, 0.3) is 11.3 Å². The highest BCUT2D eigenvalue weighted by Crippen LogP contribution is 2.28. The number of nitrogens with zero attached hydrogens (tertiary/aromatic N) is 3. The molecule has 0 aliphatic carbocycles. The standard InChI is InChI=1S/C22H22Cl2N4O2S2/c23-18-9-8-17(20(24)13-18)14-25-27-22-26-21(15-31-22)16-6-5-7-19(12-16)32(29,30)28-10-3-1-2-4-11-28/h5-9,12-15H,1-4,10-11H2,(H,26,27). The highest BCUT2D eigenvalue weighted by Gasteiger charge is 2.25. The minimum absolute atomic E-state index is 0.301. The Hall–Kier alpha value is -1.97. The zero-order valence-electron chi connectivity index (χ0n) is 17.2. The first-order chi connectivity index (χ1) is 15.4. The van der Waals surface area contributed by atoms with Crippen LogP contribution in [0.1, 0.15) is 31.2 Å². The van der Waals surface area contributed by atoms with E-state index in [0.29, 0.717) is 38.9 Å². The number of thiazole rings is 1. The molecule has 10 heteroatoms. The van der Waals surface area contributed by atoms with E-state index in [1.54, 1.807) is 46.9 Å². The van der Waals surface area contributed by atoms with Crippen molar-refractivity contribution in [2.24, 2.45) is 5.10 Å². The van der Waals surface area contributed by atoms with Crippen LogP contribution in [0.3, 0.4) is 0 Å². The molecule has 1 aliphatic heterocycles. The van der Waals surface area contributed by atoms with Crippen molar-refractivity contribution in [2.75, 3.05) is 18.5 Å². The van der Waals surface area contributed by atoms with E-state index in [2.05, 4.69) is 15.5 Å². The van der Waals surface area contributed by atoms with Gasteiger partial charge in [-0.3, -0.25) is 5.43 Å². The number of hydrogen-bond acceptors (Lipinski definition) is 6. The summed E-state index contributed by atoms with van der Waals surface area (Å²) in [6.07, 6.45) is 5.55. The number of aromatic nitrogens is 1. The first-order valence-corrected chi connectivity index (χ1v) is 13.3. The predicted molar refractivity (Wildman–Crippen MR) is 132 cm³/mol. The van der Waals surface area contributed by atoms with Gasteiger partial charge in [0.1, 0.15) is 0 Å². The lowest BCUT2D eigenvalue weighted by molar-refractivity contribution is 0.424. The number of rotatable bonds is 6. The third-order valence-corrected chi connectivity index (χ3v) is 8.37. The number of benzene rings is 2. The van der Waals surface area contributed by atoms with Gasteiger partial charge < -0.3 is 0 Å². The van der Waals surface area contributed by atoms with Crippen LogP contribution in [0.4, 0.5) is 5.13 Å². The zero-order chi connectivity index (χ0) is 22.6. The second-order valence-electron chi connectivity index (χ2n) is 7.42. The Bertz CT molecular complexity index is 1220. The SMILES string of the molecule is O=S(=O)(c1cccc(-c2csc(NN=Cc3ccc(Cl)cc3Cl)n2)c1)N1CCCCCC1. The summed E-state index contributed by atoms with van der Waals surface area (Å²) in [4.78, 5) is 4.83. The van der Waals surface area contributed by atoms with Crippen LogP contribution in [0.5, 0.6) is 0 Å². The second kappa shape index (κ2) is 10.3. The van der Waals surface area contributed by atoms with Gasteiger partial charge in [-0.2, -0.15) is 9.41 Å². The van der Waals surface area contributed by atoms with Gasteiger partial charge in [-0.1, -0.05) is 54.2 Å². The Morgan fingerprint density at radius 1 is 1.06 bits per heavy atom. The van der Waals surface area contributed by atoms with Crippen molar-refractivity contribution < 1.29 is 8.42 Å². The lowest BCUT2D eigenvalue weighted by atomic mass is 10.2. The van der Waals surface area contributed by atoms with E-state index in [1.165, 1.54) is 11.3 Å². The van der Waals surface area contributed by atoms with Crippen LogP contribution < -0.4 is 5.43 Å². The number of hydrazone groups is 1. The van der Waals surface area contributed by atoms with Crippen LogP contribution in [0, 0.1) is 0 Å². The van der Waals surface area contributed by atoms with Crippen LogP contribution in [-0.4, -0.2) is 37.0 Å². The molecule has 3 aromatic rings. The molecule has 32 heavy (non-hydrogen) atoms. The van der Waals surface area contributed by atoms with Crippen molar-refractivity contribution in [2.45, 2.75) is 30.6 Å². The van der Waals surface area contributed by atoms with Crippen molar-refractivity contribution in [3.63, 3.8) is 0 Å². The molecule has 0 amide bonds. The summed E-state index contributed by atoms with van der Waals surface area (Å²) in [5.41, 5.74) is 5.05. The summed E-state index contributed by atoms with van der Waals surface area (Å²) in [5, 5.41) is 7.70. The average Bonchev–Trinajstić information content (AvgIpc) is 3.07. The lowest BCUT2D eigenvalue weighted by Gasteiger charge is -2.20. The second-order valence-corrected chi connectivity index (χ2v) is 11.1. The van der Waals surface area contributed by atoms with Crippen LogP contribution in [0.2, 0.25) is 10.0 Å². The number of hydrogen-bond donors (Lipinski definition) is 1. The van der Waals surface area contributed by atoms with E-state index in [9.17, 15) is 8.42 Å². The summed E-state index contributed by atoms with van der Waals surface area (Å²) >= 11 is 13.4. The maximum atomic E-state index is 13.1. The summed E-state index contributed by atoms with van der Waals surface area (Å²) in [6.45, 7) is 1.15. The first-order valence-electron chi connectivity index (χ1n) is 10.2. The molecule has 1 N–H and O–H groups in total. The summed E-state index contributed by atoms with van der Waals surface area (Å²) in [5.74, 6) is 0. The minimum atomic E-state index is -3.51. The molecular formula is C22H22Cl2N4O2S2. The topological polar surface area (TPSA) is 74.7 Å². The molecule has 1 saturated heterocycles.